The summed E-state index contributed by atoms with van der Waals surface area (Å²) in [5.74, 6) is 1.95. The maximum absolute atomic E-state index is 6.75. The van der Waals surface area contributed by atoms with Crippen LogP contribution in [0.2, 0.25) is 16.6 Å². The quantitative estimate of drug-likeness (QED) is 0.276. The molecule has 1 aliphatic rings. The fraction of sp³-hybridized carbons (Fsp3) is 0.360. The monoisotopic (exact) mass is 432 g/mol. The molecule has 0 bridgehead atoms. The average Bonchev–Trinajstić information content (AvgIpc) is 3.06. The van der Waals surface area contributed by atoms with Crippen molar-refractivity contribution < 1.29 is 4.74 Å². The molecule has 2 aromatic carbocycles. The van der Waals surface area contributed by atoms with Crippen molar-refractivity contribution in [3.8, 4) is 22.8 Å². The molecule has 0 unspecified atom stereocenters. The number of ether oxygens (including phenoxy) is 1. The predicted octanol–water partition coefficient (Wildman–Crippen LogP) is 7.50. The molecule has 2 aromatic heterocycles. The smallest absolute Gasteiger partial charge is 0.148 e. The fourth-order valence-electron chi connectivity index (χ4n) is 5.88. The first-order chi connectivity index (χ1) is 14.4. The largest absolute Gasteiger partial charge is 0.455 e. The summed E-state index contributed by atoms with van der Waals surface area (Å²) in [7, 11) is -1.89. The summed E-state index contributed by atoms with van der Waals surface area (Å²) in [6.07, 6.45) is 1.72. The van der Waals surface area contributed by atoms with Gasteiger partial charge in [0, 0.05) is 10.1 Å². The Morgan fingerprint density at radius 1 is 0.867 bits per heavy atom. The van der Waals surface area contributed by atoms with E-state index in [1.807, 2.05) is 11.3 Å². The van der Waals surface area contributed by atoms with E-state index in [9.17, 15) is 0 Å². The summed E-state index contributed by atoms with van der Waals surface area (Å²) in [5, 5.41) is 3.52. The molecule has 0 saturated carbocycles. The van der Waals surface area contributed by atoms with Gasteiger partial charge in [0.05, 0.1) is 11.1 Å². The highest BCUT2D eigenvalue weighted by Crippen LogP contribution is 2.52. The molecule has 154 valence electrons. The molecule has 0 fully saturated rings. The van der Waals surface area contributed by atoms with Crippen LogP contribution in [0.3, 0.4) is 0 Å². The van der Waals surface area contributed by atoms with E-state index in [4.69, 9.17) is 9.72 Å². The third kappa shape index (κ3) is 2.55. The van der Waals surface area contributed by atoms with Crippen LogP contribution in [0.1, 0.15) is 41.5 Å². The number of thiophene rings is 1. The van der Waals surface area contributed by atoms with Gasteiger partial charge < -0.3 is 4.74 Å². The second-order valence-corrected chi connectivity index (χ2v) is 16.5. The molecule has 1 aliphatic heterocycles. The van der Waals surface area contributed by atoms with E-state index in [1.54, 1.807) is 6.33 Å². The van der Waals surface area contributed by atoms with E-state index >= 15 is 0 Å². The van der Waals surface area contributed by atoms with E-state index in [-0.39, 0.29) is 0 Å². The van der Waals surface area contributed by atoms with Gasteiger partial charge in [0.2, 0.25) is 0 Å². The number of hydrogen-bond donors (Lipinski definition) is 0. The Morgan fingerprint density at radius 2 is 1.50 bits per heavy atom. The van der Waals surface area contributed by atoms with E-state index in [0.717, 1.165) is 33.0 Å². The lowest BCUT2D eigenvalue weighted by Crippen LogP contribution is -2.54. The number of hydrogen-bond acceptors (Lipinski definition) is 4. The van der Waals surface area contributed by atoms with Crippen molar-refractivity contribution in [3.05, 3.63) is 42.7 Å². The number of fused-ring (bicyclic) bond motifs is 3. The van der Waals surface area contributed by atoms with Crippen molar-refractivity contribution >= 4 is 44.9 Å². The summed E-state index contributed by atoms with van der Waals surface area (Å²) >= 11 is 1.86. The van der Waals surface area contributed by atoms with Gasteiger partial charge in [0.15, 0.2) is 0 Å². The molecular formula is C25H28N2OSSi. The zero-order valence-corrected chi connectivity index (χ0v) is 20.3. The first kappa shape index (κ1) is 19.7. The van der Waals surface area contributed by atoms with Crippen LogP contribution >= 0.6 is 11.3 Å². The van der Waals surface area contributed by atoms with E-state index in [0.29, 0.717) is 16.6 Å². The van der Waals surface area contributed by atoms with E-state index in [2.05, 4.69) is 82.9 Å². The highest BCUT2D eigenvalue weighted by atomic mass is 32.1. The van der Waals surface area contributed by atoms with E-state index in [1.165, 1.54) is 15.3 Å². The molecule has 3 nitrogen and oxygen atoms in total. The third-order valence-corrected chi connectivity index (χ3v) is 16.0. The van der Waals surface area contributed by atoms with Gasteiger partial charge in [-0.3, -0.25) is 0 Å². The van der Waals surface area contributed by atoms with Gasteiger partial charge in [-0.1, -0.05) is 65.8 Å². The minimum absolute atomic E-state index is 0.611. The third-order valence-electron chi connectivity index (χ3n) is 7.02. The molecular weight excluding hydrogens is 404 g/mol. The summed E-state index contributed by atoms with van der Waals surface area (Å²) in [5.41, 5.74) is 3.92. The molecule has 30 heavy (non-hydrogen) atoms. The summed E-state index contributed by atoms with van der Waals surface area (Å²) in [6.45, 7) is 14.4. The van der Waals surface area contributed by atoms with Crippen molar-refractivity contribution in [1.29, 1.82) is 0 Å². The van der Waals surface area contributed by atoms with Crippen molar-refractivity contribution in [3.63, 3.8) is 0 Å². The summed E-state index contributed by atoms with van der Waals surface area (Å²) < 4.78 is 8.21. The molecule has 0 spiro atoms. The van der Waals surface area contributed by atoms with Gasteiger partial charge >= 0.3 is 0 Å². The molecule has 0 radical (unpaired) electrons. The molecule has 0 amide bonds. The Hall–Kier alpha value is -2.24. The lowest BCUT2D eigenvalue weighted by atomic mass is 10.0. The Balaban J connectivity index is 1.86. The predicted molar refractivity (Wildman–Crippen MR) is 131 cm³/mol. The van der Waals surface area contributed by atoms with Gasteiger partial charge in [-0.05, 0) is 39.5 Å². The molecule has 0 saturated heterocycles. The standard InChI is InChI=1S/C25H28N2OSSi/c1-14(2)30(15(3)4,16(5)6)25-23-21-22(26-13-27-24(21)29-25)19-11-17-9-7-8-10-18(17)12-20(19)28-23/h7-16H,1-6H3. The van der Waals surface area contributed by atoms with Crippen LogP contribution in [0.15, 0.2) is 42.7 Å². The topological polar surface area (TPSA) is 35.0 Å². The second-order valence-electron chi connectivity index (χ2n) is 9.36. The average molecular weight is 433 g/mol. The Kier molecular flexibility index (Phi) is 4.53. The lowest BCUT2D eigenvalue weighted by Gasteiger charge is -2.42. The molecule has 5 rings (SSSR count). The van der Waals surface area contributed by atoms with Gasteiger partial charge in [-0.2, -0.15) is 0 Å². The van der Waals surface area contributed by atoms with Crippen LogP contribution in [0.5, 0.6) is 11.5 Å². The number of aromatic nitrogens is 2. The van der Waals surface area contributed by atoms with Gasteiger partial charge in [0.1, 0.15) is 30.7 Å². The van der Waals surface area contributed by atoms with Crippen LogP contribution in [0.25, 0.3) is 32.2 Å². The molecule has 4 aromatic rings. The molecule has 0 aliphatic carbocycles. The number of benzene rings is 2. The SMILES string of the molecule is CC(C)[Si](c1sc2ncnc3c2c1Oc1cc2ccccc2cc1-3)(C(C)C)C(C)C. The highest BCUT2D eigenvalue weighted by Gasteiger charge is 2.49. The molecule has 0 N–H and O–H groups in total. The van der Waals surface area contributed by atoms with Crippen LogP contribution in [0.4, 0.5) is 0 Å². The van der Waals surface area contributed by atoms with Gasteiger partial charge in [-0.15, -0.1) is 11.3 Å². The molecule has 5 heteroatoms. The number of rotatable bonds is 4. The van der Waals surface area contributed by atoms with Crippen LogP contribution in [-0.4, -0.2) is 18.0 Å². The summed E-state index contributed by atoms with van der Waals surface area (Å²) in [4.78, 5) is 10.5. The fourth-order valence-corrected chi connectivity index (χ4v) is 16.0. The first-order valence-corrected chi connectivity index (χ1v) is 13.9. The maximum Gasteiger partial charge on any atom is 0.148 e. The van der Waals surface area contributed by atoms with Crippen LogP contribution in [0, 0.1) is 0 Å². The zero-order chi connectivity index (χ0) is 21.2. The van der Waals surface area contributed by atoms with Crippen molar-refractivity contribution in [2.24, 2.45) is 0 Å². The minimum Gasteiger partial charge on any atom is -0.455 e. The number of nitrogens with zero attached hydrogens (tertiary/aromatic N) is 2. The maximum atomic E-state index is 6.75. The zero-order valence-electron chi connectivity index (χ0n) is 18.5. The van der Waals surface area contributed by atoms with Gasteiger partial charge in [-0.25, -0.2) is 9.97 Å². The Labute approximate surface area is 183 Å². The summed E-state index contributed by atoms with van der Waals surface area (Å²) in [6, 6.07) is 12.8. The first-order valence-electron chi connectivity index (χ1n) is 10.8. The highest BCUT2D eigenvalue weighted by molar-refractivity contribution is 7.32. The van der Waals surface area contributed by atoms with Crippen LogP contribution in [-0.2, 0) is 0 Å². The van der Waals surface area contributed by atoms with Crippen molar-refractivity contribution in [1.82, 2.24) is 9.97 Å². The normalized spacial score (nSPS) is 13.5. The molecule has 3 heterocycles. The van der Waals surface area contributed by atoms with E-state index < -0.39 is 8.07 Å². The van der Waals surface area contributed by atoms with Crippen molar-refractivity contribution in [2.75, 3.05) is 0 Å². The molecule has 0 atom stereocenters. The lowest BCUT2D eigenvalue weighted by molar-refractivity contribution is 0.491. The Morgan fingerprint density at radius 3 is 2.13 bits per heavy atom. The Bertz CT molecular complexity index is 1250. The van der Waals surface area contributed by atoms with Gasteiger partial charge in [0.25, 0.3) is 0 Å². The van der Waals surface area contributed by atoms with Crippen LogP contribution < -0.4 is 9.24 Å². The minimum atomic E-state index is -1.89. The second kappa shape index (κ2) is 6.89. The van der Waals surface area contributed by atoms with Crippen molar-refractivity contribution in [2.45, 2.75) is 58.2 Å².